The van der Waals surface area contributed by atoms with Crippen molar-refractivity contribution in [2.45, 2.75) is 0 Å². The minimum atomic E-state index is -0.429. The first-order valence-electron chi connectivity index (χ1n) is 8.59. The fraction of sp³-hybridized carbons (Fsp3) is 0.150. The van der Waals surface area contributed by atoms with Crippen LogP contribution in [0.1, 0.15) is 10.4 Å². The smallest absolute Gasteiger partial charge is 0.257 e. The molecule has 1 aromatic heterocycles. The second kappa shape index (κ2) is 9.75. The summed E-state index contributed by atoms with van der Waals surface area (Å²) >= 11 is 12.5. The number of nitrogens with zero attached hydrogens (tertiary/aromatic N) is 1. The van der Waals surface area contributed by atoms with Crippen LogP contribution in [0, 0.1) is 0 Å². The lowest BCUT2D eigenvalue weighted by Gasteiger charge is -2.14. The highest BCUT2D eigenvalue weighted by molar-refractivity contribution is 7.80. The summed E-state index contributed by atoms with van der Waals surface area (Å²) in [5.74, 6) is 0.706. The molecule has 0 fully saturated rings. The van der Waals surface area contributed by atoms with E-state index in [1.54, 1.807) is 24.3 Å². The molecule has 0 unspecified atom stereocenters. The number of rotatable bonds is 6. The molecule has 0 saturated heterocycles. The minimum Gasteiger partial charge on any atom is -0.493 e. The van der Waals surface area contributed by atoms with Crippen molar-refractivity contribution in [2.24, 2.45) is 0 Å². The number of aromatic nitrogens is 1. The third-order valence-electron chi connectivity index (χ3n) is 4.02. The van der Waals surface area contributed by atoms with E-state index in [9.17, 15) is 4.79 Å². The zero-order chi connectivity index (χ0) is 21.7. The third kappa shape index (κ3) is 4.99. The highest BCUT2D eigenvalue weighted by Gasteiger charge is 2.18. The SMILES string of the molecule is COc1cc(C(=O)NC(=S)Nc2nc(-c3ccc(Cl)cc3)cs2)cc(OC)c1OC. The predicted molar refractivity (Wildman–Crippen MR) is 122 cm³/mol. The lowest BCUT2D eigenvalue weighted by Crippen LogP contribution is -2.34. The Morgan fingerprint density at radius 3 is 2.27 bits per heavy atom. The fourth-order valence-electron chi connectivity index (χ4n) is 2.60. The number of ether oxygens (including phenoxy) is 3. The summed E-state index contributed by atoms with van der Waals surface area (Å²) in [6.07, 6.45) is 0. The molecule has 1 amide bonds. The van der Waals surface area contributed by atoms with Crippen LogP contribution in [0.15, 0.2) is 41.8 Å². The normalized spacial score (nSPS) is 10.3. The zero-order valence-corrected chi connectivity index (χ0v) is 18.7. The van der Waals surface area contributed by atoms with Gasteiger partial charge in [0.15, 0.2) is 21.7 Å². The fourth-order valence-corrected chi connectivity index (χ4v) is 3.70. The van der Waals surface area contributed by atoms with Crippen molar-refractivity contribution >= 4 is 51.3 Å². The summed E-state index contributed by atoms with van der Waals surface area (Å²) in [4.78, 5) is 17.1. The monoisotopic (exact) mass is 463 g/mol. The number of hydrogen-bond acceptors (Lipinski definition) is 7. The molecule has 0 aliphatic heterocycles. The van der Waals surface area contributed by atoms with Crippen LogP contribution < -0.4 is 24.8 Å². The van der Waals surface area contributed by atoms with E-state index in [0.29, 0.717) is 33.0 Å². The number of methoxy groups -OCH3 is 3. The van der Waals surface area contributed by atoms with Gasteiger partial charge in [0.25, 0.3) is 5.91 Å². The molecule has 156 valence electrons. The van der Waals surface area contributed by atoms with Gasteiger partial charge in [0.1, 0.15) is 0 Å². The summed E-state index contributed by atoms with van der Waals surface area (Å²) in [5, 5.41) is 8.74. The summed E-state index contributed by atoms with van der Waals surface area (Å²) in [6.45, 7) is 0. The Morgan fingerprint density at radius 1 is 1.07 bits per heavy atom. The molecule has 0 aliphatic rings. The summed E-state index contributed by atoms with van der Waals surface area (Å²) in [6, 6.07) is 10.4. The molecule has 30 heavy (non-hydrogen) atoms. The number of thiazole rings is 1. The number of hydrogen-bond donors (Lipinski definition) is 2. The third-order valence-corrected chi connectivity index (χ3v) is 5.23. The Bertz CT molecular complexity index is 1050. The van der Waals surface area contributed by atoms with Crippen LogP contribution in [0.3, 0.4) is 0 Å². The van der Waals surface area contributed by atoms with Crippen LogP contribution >= 0.6 is 35.2 Å². The highest BCUT2D eigenvalue weighted by Crippen LogP contribution is 2.38. The van der Waals surface area contributed by atoms with Crippen molar-refractivity contribution in [3.8, 4) is 28.5 Å². The molecule has 0 radical (unpaired) electrons. The maximum Gasteiger partial charge on any atom is 0.257 e. The number of anilines is 1. The summed E-state index contributed by atoms with van der Waals surface area (Å²) < 4.78 is 15.8. The van der Waals surface area contributed by atoms with E-state index in [1.807, 2.05) is 17.5 Å². The Hall–Kier alpha value is -2.88. The van der Waals surface area contributed by atoms with Gasteiger partial charge in [0, 0.05) is 21.5 Å². The van der Waals surface area contributed by atoms with Gasteiger partial charge in [0.05, 0.1) is 27.0 Å². The lowest BCUT2D eigenvalue weighted by molar-refractivity contribution is 0.0977. The number of benzene rings is 2. The average molecular weight is 464 g/mol. The van der Waals surface area contributed by atoms with Crippen molar-refractivity contribution in [2.75, 3.05) is 26.6 Å². The standard InChI is InChI=1S/C20H18ClN3O4S2/c1-26-15-8-12(9-16(27-2)17(15)28-3)18(25)23-19(29)24-20-22-14(10-30-20)11-4-6-13(21)7-5-11/h4-10H,1-3H3,(H2,22,23,24,25,29). The molecular weight excluding hydrogens is 446 g/mol. The van der Waals surface area contributed by atoms with Crippen LogP contribution in [0.4, 0.5) is 5.13 Å². The van der Waals surface area contributed by atoms with Gasteiger partial charge in [-0.1, -0.05) is 23.7 Å². The quantitative estimate of drug-likeness (QED) is 0.516. The van der Waals surface area contributed by atoms with Crippen molar-refractivity contribution < 1.29 is 19.0 Å². The Kier molecular flexibility index (Phi) is 7.09. The van der Waals surface area contributed by atoms with Gasteiger partial charge in [-0.05, 0) is 36.5 Å². The van der Waals surface area contributed by atoms with E-state index in [4.69, 9.17) is 38.0 Å². The van der Waals surface area contributed by atoms with Crippen LogP contribution in [-0.4, -0.2) is 37.3 Å². The predicted octanol–water partition coefficient (Wildman–Crippen LogP) is 4.62. The van der Waals surface area contributed by atoms with Crippen LogP contribution in [0.5, 0.6) is 17.2 Å². The number of carbonyl (C=O) groups is 1. The van der Waals surface area contributed by atoms with Gasteiger partial charge in [-0.3, -0.25) is 10.1 Å². The van der Waals surface area contributed by atoms with Crippen LogP contribution in [0.25, 0.3) is 11.3 Å². The van der Waals surface area contributed by atoms with Crippen molar-refractivity contribution in [1.82, 2.24) is 10.3 Å². The number of carbonyl (C=O) groups excluding carboxylic acids is 1. The molecule has 0 atom stereocenters. The maximum absolute atomic E-state index is 12.6. The topological polar surface area (TPSA) is 81.7 Å². The van der Waals surface area contributed by atoms with Gasteiger partial charge in [-0.15, -0.1) is 11.3 Å². The Balaban J connectivity index is 1.69. The molecule has 10 heteroatoms. The molecule has 3 rings (SSSR count). The number of thiocarbonyl (C=S) groups is 1. The van der Waals surface area contributed by atoms with E-state index in [-0.39, 0.29) is 5.11 Å². The molecule has 0 saturated carbocycles. The zero-order valence-electron chi connectivity index (χ0n) is 16.3. The molecule has 7 nitrogen and oxygen atoms in total. The van der Waals surface area contributed by atoms with E-state index >= 15 is 0 Å². The first-order chi connectivity index (χ1) is 14.4. The highest BCUT2D eigenvalue weighted by atomic mass is 35.5. The molecule has 1 heterocycles. The van der Waals surface area contributed by atoms with Gasteiger partial charge in [-0.2, -0.15) is 0 Å². The molecule has 0 bridgehead atoms. The lowest BCUT2D eigenvalue weighted by atomic mass is 10.1. The van der Waals surface area contributed by atoms with Gasteiger partial charge in [-0.25, -0.2) is 4.98 Å². The van der Waals surface area contributed by atoms with Crippen LogP contribution in [-0.2, 0) is 0 Å². The average Bonchev–Trinajstić information content (AvgIpc) is 3.21. The van der Waals surface area contributed by atoms with Gasteiger partial charge < -0.3 is 19.5 Å². The van der Waals surface area contributed by atoms with E-state index in [2.05, 4.69) is 15.6 Å². The molecule has 3 aromatic rings. The molecule has 0 aliphatic carbocycles. The number of halogens is 1. The first-order valence-corrected chi connectivity index (χ1v) is 10.3. The van der Waals surface area contributed by atoms with E-state index in [1.165, 1.54) is 32.7 Å². The maximum atomic E-state index is 12.6. The minimum absolute atomic E-state index is 0.116. The number of nitrogens with one attached hydrogen (secondary N) is 2. The molecule has 2 N–H and O–H groups in total. The second-order valence-electron chi connectivity index (χ2n) is 5.87. The Morgan fingerprint density at radius 2 is 1.70 bits per heavy atom. The second-order valence-corrected chi connectivity index (χ2v) is 7.57. The van der Waals surface area contributed by atoms with Gasteiger partial charge >= 0.3 is 0 Å². The molecule has 2 aromatic carbocycles. The van der Waals surface area contributed by atoms with E-state index in [0.717, 1.165) is 11.3 Å². The van der Waals surface area contributed by atoms with Crippen LogP contribution in [0.2, 0.25) is 5.02 Å². The van der Waals surface area contributed by atoms with Crippen molar-refractivity contribution in [3.63, 3.8) is 0 Å². The van der Waals surface area contributed by atoms with Crippen molar-refractivity contribution in [1.29, 1.82) is 0 Å². The number of amides is 1. The largest absolute Gasteiger partial charge is 0.493 e. The van der Waals surface area contributed by atoms with Crippen molar-refractivity contribution in [3.05, 3.63) is 52.4 Å². The van der Waals surface area contributed by atoms with E-state index < -0.39 is 5.91 Å². The summed E-state index contributed by atoms with van der Waals surface area (Å²) in [5.41, 5.74) is 2.00. The first kappa shape index (κ1) is 21.8. The summed E-state index contributed by atoms with van der Waals surface area (Å²) in [7, 11) is 4.45. The molecule has 0 spiro atoms. The molecular formula is C20H18ClN3O4S2. The Labute approximate surface area is 187 Å². The van der Waals surface area contributed by atoms with Gasteiger partial charge in [0.2, 0.25) is 5.75 Å².